The van der Waals surface area contributed by atoms with E-state index in [1.54, 1.807) is 19.9 Å². The predicted molar refractivity (Wildman–Crippen MR) is 68.2 cm³/mol. The van der Waals surface area contributed by atoms with Crippen molar-refractivity contribution >= 4 is 11.6 Å². The molecule has 1 aromatic heterocycles. The lowest BCUT2D eigenvalue weighted by atomic mass is 10.1. The summed E-state index contributed by atoms with van der Waals surface area (Å²) in [5.74, 6) is -0.904. The molecule has 0 aliphatic rings. The Hall–Kier alpha value is -2.28. The number of anilines is 1. The Morgan fingerprint density at radius 3 is 2.74 bits per heavy atom. The molecule has 1 aromatic carbocycles. The minimum atomic E-state index is -1.03. The van der Waals surface area contributed by atoms with Crippen molar-refractivity contribution in [2.75, 3.05) is 5.32 Å². The molecule has 7 heteroatoms. The number of amides is 1. The first kappa shape index (κ1) is 13.2. The van der Waals surface area contributed by atoms with E-state index >= 15 is 0 Å². The average Bonchev–Trinajstić information content (AvgIpc) is 2.81. The third kappa shape index (κ3) is 2.94. The van der Waals surface area contributed by atoms with Crippen molar-refractivity contribution in [3.63, 3.8) is 0 Å². The molecule has 1 amide bonds. The van der Waals surface area contributed by atoms with Gasteiger partial charge in [0.25, 0.3) is 0 Å². The Kier molecular flexibility index (Phi) is 3.30. The van der Waals surface area contributed by atoms with Gasteiger partial charge in [-0.25, -0.2) is 14.1 Å². The van der Waals surface area contributed by atoms with Gasteiger partial charge in [0, 0.05) is 5.69 Å². The van der Waals surface area contributed by atoms with Crippen molar-refractivity contribution in [1.29, 1.82) is 0 Å². The summed E-state index contributed by atoms with van der Waals surface area (Å²) in [4.78, 5) is 15.4. The molecule has 0 radical (unpaired) electrons. The second-order valence-electron chi connectivity index (χ2n) is 4.68. The Labute approximate surface area is 109 Å². The Morgan fingerprint density at radius 1 is 1.47 bits per heavy atom. The fourth-order valence-electron chi connectivity index (χ4n) is 1.40. The van der Waals surface area contributed by atoms with E-state index in [1.165, 1.54) is 29.5 Å². The lowest BCUT2D eigenvalue weighted by molar-refractivity contribution is -0.120. The van der Waals surface area contributed by atoms with Gasteiger partial charge in [-0.2, -0.15) is 5.10 Å². The van der Waals surface area contributed by atoms with E-state index in [0.29, 0.717) is 5.69 Å². The van der Waals surface area contributed by atoms with Crippen molar-refractivity contribution in [2.45, 2.75) is 19.4 Å². The fourth-order valence-corrected chi connectivity index (χ4v) is 1.40. The first-order chi connectivity index (χ1) is 8.88. The molecule has 1 heterocycles. The van der Waals surface area contributed by atoms with Crippen molar-refractivity contribution in [2.24, 2.45) is 5.73 Å². The molecule has 0 saturated carbocycles. The molecule has 19 heavy (non-hydrogen) atoms. The molecule has 0 atom stereocenters. The molecule has 0 bridgehead atoms. The van der Waals surface area contributed by atoms with E-state index in [1.807, 2.05) is 0 Å². The number of hydrogen-bond donors (Lipinski definition) is 2. The fraction of sp³-hybridized carbons (Fsp3) is 0.250. The molecule has 0 spiro atoms. The Balaban J connectivity index is 2.23. The lowest BCUT2D eigenvalue weighted by Crippen LogP contribution is -2.45. The van der Waals surface area contributed by atoms with Crippen molar-refractivity contribution < 1.29 is 9.18 Å². The molecule has 0 unspecified atom stereocenters. The number of aromatic nitrogens is 3. The van der Waals surface area contributed by atoms with Gasteiger partial charge in [0.15, 0.2) is 5.82 Å². The zero-order valence-electron chi connectivity index (χ0n) is 10.6. The summed E-state index contributed by atoms with van der Waals surface area (Å²) < 4.78 is 15.2. The molecule has 0 fully saturated rings. The van der Waals surface area contributed by atoms with E-state index in [2.05, 4.69) is 15.4 Å². The number of nitrogens with one attached hydrogen (secondary N) is 1. The molecule has 2 aromatic rings. The smallest absolute Gasteiger partial charge is 0.243 e. The number of benzene rings is 1. The summed E-state index contributed by atoms with van der Waals surface area (Å²) in [6, 6.07) is 4.29. The highest BCUT2D eigenvalue weighted by Crippen LogP contribution is 2.18. The van der Waals surface area contributed by atoms with Gasteiger partial charge in [0.05, 0.1) is 5.54 Å². The first-order valence-corrected chi connectivity index (χ1v) is 5.63. The summed E-state index contributed by atoms with van der Waals surface area (Å²) in [7, 11) is 0. The zero-order chi connectivity index (χ0) is 14.0. The molecule has 100 valence electrons. The van der Waals surface area contributed by atoms with Crippen LogP contribution in [0.5, 0.6) is 0 Å². The van der Waals surface area contributed by atoms with E-state index in [9.17, 15) is 9.18 Å². The normalized spacial score (nSPS) is 11.4. The van der Waals surface area contributed by atoms with E-state index in [-0.39, 0.29) is 11.6 Å². The summed E-state index contributed by atoms with van der Waals surface area (Å²) in [5.41, 5.74) is 5.21. The van der Waals surface area contributed by atoms with Gasteiger partial charge in [-0.3, -0.25) is 4.79 Å². The summed E-state index contributed by atoms with van der Waals surface area (Å²) in [6.07, 6.45) is 2.70. The van der Waals surface area contributed by atoms with Crippen LogP contribution in [0.25, 0.3) is 5.69 Å². The maximum atomic E-state index is 13.9. The molecular formula is C12H14FN5O. The van der Waals surface area contributed by atoms with Crippen LogP contribution in [0.2, 0.25) is 0 Å². The number of carbonyl (C=O) groups is 1. The summed E-state index contributed by atoms with van der Waals surface area (Å²) in [6.45, 7) is 3.14. The van der Waals surface area contributed by atoms with Gasteiger partial charge in [-0.05, 0) is 32.0 Å². The van der Waals surface area contributed by atoms with Gasteiger partial charge in [-0.15, -0.1) is 0 Å². The lowest BCUT2D eigenvalue weighted by Gasteiger charge is -2.18. The van der Waals surface area contributed by atoms with E-state index in [4.69, 9.17) is 5.73 Å². The zero-order valence-corrected chi connectivity index (χ0v) is 10.6. The SMILES string of the molecule is CC(C)(N)C(=O)Nc1ccc(-n2cncn2)c(F)c1. The Morgan fingerprint density at radius 2 is 2.21 bits per heavy atom. The van der Waals surface area contributed by atoms with Crippen molar-refractivity contribution in [3.05, 3.63) is 36.7 Å². The minimum absolute atomic E-state index is 0.252. The molecule has 0 saturated heterocycles. The van der Waals surface area contributed by atoms with Crippen LogP contribution in [0.1, 0.15) is 13.8 Å². The van der Waals surface area contributed by atoms with Crippen LogP contribution < -0.4 is 11.1 Å². The number of nitrogens with zero attached hydrogens (tertiary/aromatic N) is 3. The number of hydrogen-bond acceptors (Lipinski definition) is 4. The van der Waals surface area contributed by atoms with Gasteiger partial charge < -0.3 is 11.1 Å². The highest BCUT2D eigenvalue weighted by molar-refractivity contribution is 5.97. The topological polar surface area (TPSA) is 85.8 Å². The van der Waals surface area contributed by atoms with Crippen molar-refractivity contribution in [1.82, 2.24) is 14.8 Å². The maximum Gasteiger partial charge on any atom is 0.243 e. The number of nitrogens with two attached hydrogens (primary N) is 1. The molecule has 3 N–H and O–H groups in total. The molecular weight excluding hydrogens is 249 g/mol. The molecule has 2 rings (SSSR count). The highest BCUT2D eigenvalue weighted by Gasteiger charge is 2.22. The number of halogens is 1. The van der Waals surface area contributed by atoms with Crippen molar-refractivity contribution in [3.8, 4) is 5.69 Å². The second kappa shape index (κ2) is 4.77. The van der Waals surface area contributed by atoms with Gasteiger partial charge in [0.1, 0.15) is 18.3 Å². The third-order valence-electron chi connectivity index (χ3n) is 2.46. The standard InChI is InChI=1S/C12H14FN5O/c1-12(2,14)11(19)17-8-3-4-10(9(13)5-8)18-7-15-6-16-18/h3-7H,14H2,1-2H3,(H,17,19). The van der Waals surface area contributed by atoms with Crippen LogP contribution in [0, 0.1) is 5.82 Å². The van der Waals surface area contributed by atoms with Crippen LogP contribution in [0.4, 0.5) is 10.1 Å². The maximum absolute atomic E-state index is 13.9. The van der Waals surface area contributed by atoms with Crippen LogP contribution >= 0.6 is 0 Å². The van der Waals surface area contributed by atoms with Crippen LogP contribution in [-0.2, 0) is 4.79 Å². The summed E-state index contributed by atoms with van der Waals surface area (Å²) >= 11 is 0. The second-order valence-corrected chi connectivity index (χ2v) is 4.68. The van der Waals surface area contributed by atoms with Gasteiger partial charge in [0.2, 0.25) is 5.91 Å². The average molecular weight is 263 g/mol. The monoisotopic (exact) mass is 263 g/mol. The Bertz CT molecular complexity index is 589. The van der Waals surface area contributed by atoms with E-state index in [0.717, 1.165) is 0 Å². The van der Waals surface area contributed by atoms with Crippen LogP contribution in [0.3, 0.4) is 0 Å². The minimum Gasteiger partial charge on any atom is -0.324 e. The van der Waals surface area contributed by atoms with Crippen LogP contribution in [0.15, 0.2) is 30.9 Å². The molecule has 0 aliphatic carbocycles. The predicted octanol–water partition coefficient (Wildman–Crippen LogP) is 1.08. The van der Waals surface area contributed by atoms with Crippen LogP contribution in [-0.4, -0.2) is 26.2 Å². The quantitative estimate of drug-likeness (QED) is 0.867. The first-order valence-electron chi connectivity index (χ1n) is 5.63. The number of carbonyl (C=O) groups excluding carboxylic acids is 1. The van der Waals surface area contributed by atoms with E-state index < -0.39 is 11.4 Å². The van der Waals surface area contributed by atoms with Gasteiger partial charge >= 0.3 is 0 Å². The largest absolute Gasteiger partial charge is 0.324 e. The summed E-state index contributed by atoms with van der Waals surface area (Å²) in [5, 5.41) is 6.38. The molecule has 0 aliphatic heterocycles. The highest BCUT2D eigenvalue weighted by atomic mass is 19.1. The number of rotatable bonds is 3. The molecule has 6 nitrogen and oxygen atoms in total. The van der Waals surface area contributed by atoms with Gasteiger partial charge in [-0.1, -0.05) is 0 Å². The third-order valence-corrected chi connectivity index (χ3v) is 2.46.